The van der Waals surface area contributed by atoms with Crippen molar-refractivity contribution in [2.75, 3.05) is 13.1 Å². The maximum atomic E-state index is 11.7. The molecule has 0 saturated carbocycles. The number of amides is 1. The quantitative estimate of drug-likeness (QED) is 0.742. The van der Waals surface area contributed by atoms with Crippen molar-refractivity contribution in [2.24, 2.45) is 5.92 Å². The summed E-state index contributed by atoms with van der Waals surface area (Å²) in [6.07, 6.45) is -4.35. The molecule has 6 heteroatoms. The molecular formula is C9H17F3N2O. The second-order valence-electron chi connectivity index (χ2n) is 3.81. The van der Waals surface area contributed by atoms with E-state index >= 15 is 0 Å². The Balaban J connectivity index is 3.67. The molecule has 0 saturated heterocycles. The van der Waals surface area contributed by atoms with Gasteiger partial charge in [0.05, 0.1) is 6.54 Å². The number of hydrogen-bond donors (Lipinski definition) is 2. The van der Waals surface area contributed by atoms with Crippen LogP contribution in [0.4, 0.5) is 13.2 Å². The molecular weight excluding hydrogens is 209 g/mol. The van der Waals surface area contributed by atoms with Crippen LogP contribution in [0.2, 0.25) is 0 Å². The van der Waals surface area contributed by atoms with Crippen molar-refractivity contribution in [3.05, 3.63) is 0 Å². The van der Waals surface area contributed by atoms with Crippen LogP contribution in [-0.2, 0) is 4.79 Å². The third-order valence-corrected chi connectivity index (χ3v) is 2.07. The van der Waals surface area contributed by atoms with E-state index in [1.54, 1.807) is 5.32 Å². The van der Waals surface area contributed by atoms with Crippen LogP contribution in [0, 0.1) is 5.92 Å². The number of hydrogen-bond acceptors (Lipinski definition) is 2. The van der Waals surface area contributed by atoms with E-state index in [-0.39, 0.29) is 12.6 Å². The molecule has 3 nitrogen and oxygen atoms in total. The molecule has 0 aliphatic carbocycles. The van der Waals surface area contributed by atoms with Crippen molar-refractivity contribution in [1.82, 2.24) is 10.6 Å². The Morgan fingerprint density at radius 1 is 1.27 bits per heavy atom. The van der Waals surface area contributed by atoms with Crippen molar-refractivity contribution >= 4 is 5.91 Å². The highest BCUT2D eigenvalue weighted by Crippen LogP contribution is 2.11. The number of halogens is 3. The molecule has 0 bridgehead atoms. The number of nitrogens with one attached hydrogen (secondary N) is 2. The van der Waals surface area contributed by atoms with Crippen LogP contribution in [0.15, 0.2) is 0 Å². The number of alkyl halides is 3. The van der Waals surface area contributed by atoms with Gasteiger partial charge in [-0.1, -0.05) is 13.8 Å². The van der Waals surface area contributed by atoms with Gasteiger partial charge >= 0.3 is 6.18 Å². The van der Waals surface area contributed by atoms with Crippen LogP contribution in [0.1, 0.15) is 20.8 Å². The summed E-state index contributed by atoms with van der Waals surface area (Å²) in [4.78, 5) is 10.9. The summed E-state index contributed by atoms with van der Waals surface area (Å²) in [5.74, 6) is -0.305. The first-order valence-electron chi connectivity index (χ1n) is 4.79. The Kier molecular flexibility index (Phi) is 5.64. The van der Waals surface area contributed by atoms with Gasteiger partial charge in [0.15, 0.2) is 0 Å². The number of carbonyl (C=O) groups excluding carboxylic acids is 1. The molecule has 1 unspecified atom stereocenters. The van der Waals surface area contributed by atoms with Gasteiger partial charge in [0.1, 0.15) is 6.54 Å². The first-order valence-corrected chi connectivity index (χ1v) is 4.79. The Hall–Kier alpha value is -0.780. The Morgan fingerprint density at radius 2 is 1.80 bits per heavy atom. The van der Waals surface area contributed by atoms with Crippen molar-refractivity contribution < 1.29 is 18.0 Å². The normalized spacial score (nSPS) is 14.1. The first-order chi connectivity index (χ1) is 6.72. The summed E-state index contributed by atoms with van der Waals surface area (Å²) in [5, 5.41) is 4.63. The molecule has 0 aromatic rings. The summed E-state index contributed by atoms with van der Waals surface area (Å²) in [7, 11) is 0. The lowest BCUT2D eigenvalue weighted by molar-refractivity contribution is -0.137. The second-order valence-corrected chi connectivity index (χ2v) is 3.81. The van der Waals surface area contributed by atoms with Gasteiger partial charge in [0.25, 0.3) is 0 Å². The maximum absolute atomic E-state index is 11.7. The molecule has 0 spiro atoms. The zero-order valence-electron chi connectivity index (χ0n) is 9.11. The van der Waals surface area contributed by atoms with E-state index in [9.17, 15) is 18.0 Å². The third-order valence-electron chi connectivity index (χ3n) is 2.07. The van der Waals surface area contributed by atoms with E-state index in [2.05, 4.69) is 5.32 Å². The monoisotopic (exact) mass is 226 g/mol. The molecule has 0 aliphatic heterocycles. The van der Waals surface area contributed by atoms with Gasteiger partial charge in [-0.2, -0.15) is 13.2 Å². The van der Waals surface area contributed by atoms with Crippen LogP contribution in [0.3, 0.4) is 0 Å². The smallest absolute Gasteiger partial charge is 0.346 e. The van der Waals surface area contributed by atoms with Gasteiger partial charge in [-0.25, -0.2) is 0 Å². The van der Waals surface area contributed by atoms with Crippen molar-refractivity contribution in [1.29, 1.82) is 0 Å². The van der Waals surface area contributed by atoms with E-state index in [1.165, 1.54) is 0 Å². The molecule has 15 heavy (non-hydrogen) atoms. The zero-order chi connectivity index (χ0) is 12.1. The zero-order valence-corrected chi connectivity index (χ0v) is 9.11. The Morgan fingerprint density at radius 3 is 2.20 bits per heavy atom. The molecule has 0 aromatic carbocycles. The van der Waals surface area contributed by atoms with Crippen molar-refractivity contribution in [3.63, 3.8) is 0 Å². The third kappa shape index (κ3) is 8.23. The van der Waals surface area contributed by atoms with E-state index in [0.29, 0.717) is 5.92 Å². The highest BCUT2D eigenvalue weighted by Gasteiger charge is 2.27. The summed E-state index contributed by atoms with van der Waals surface area (Å²) in [6.45, 7) is 4.44. The van der Waals surface area contributed by atoms with Crippen LogP contribution in [0.5, 0.6) is 0 Å². The molecule has 0 aliphatic rings. The highest BCUT2D eigenvalue weighted by molar-refractivity contribution is 5.78. The van der Waals surface area contributed by atoms with E-state index < -0.39 is 18.6 Å². The van der Waals surface area contributed by atoms with E-state index in [0.717, 1.165) is 0 Å². The van der Waals surface area contributed by atoms with Crippen LogP contribution < -0.4 is 10.6 Å². The topological polar surface area (TPSA) is 41.1 Å². The van der Waals surface area contributed by atoms with Gasteiger partial charge in [-0.05, 0) is 12.8 Å². The first kappa shape index (κ1) is 14.2. The summed E-state index contributed by atoms with van der Waals surface area (Å²) in [5.41, 5.74) is 0. The molecule has 0 heterocycles. The van der Waals surface area contributed by atoms with E-state index in [1.807, 2.05) is 20.8 Å². The van der Waals surface area contributed by atoms with Crippen LogP contribution in [-0.4, -0.2) is 31.2 Å². The SMILES string of the molecule is CC(C)C(C)NCC(=O)NCC(F)(F)F. The fourth-order valence-electron chi connectivity index (χ4n) is 0.751. The van der Waals surface area contributed by atoms with Gasteiger partial charge in [-0.15, -0.1) is 0 Å². The maximum Gasteiger partial charge on any atom is 0.405 e. The highest BCUT2D eigenvalue weighted by atomic mass is 19.4. The Bertz CT molecular complexity index is 204. The van der Waals surface area contributed by atoms with Crippen molar-refractivity contribution in [2.45, 2.75) is 33.0 Å². The van der Waals surface area contributed by atoms with Gasteiger partial charge in [-0.3, -0.25) is 4.79 Å². The van der Waals surface area contributed by atoms with Crippen LogP contribution in [0.25, 0.3) is 0 Å². The fourth-order valence-corrected chi connectivity index (χ4v) is 0.751. The molecule has 1 amide bonds. The molecule has 0 aromatic heterocycles. The Labute approximate surface area is 87.4 Å². The van der Waals surface area contributed by atoms with Crippen molar-refractivity contribution in [3.8, 4) is 0 Å². The minimum atomic E-state index is -4.35. The van der Waals surface area contributed by atoms with Gasteiger partial charge < -0.3 is 10.6 Å². The average molecular weight is 226 g/mol. The molecule has 1 atom stereocenters. The lowest BCUT2D eigenvalue weighted by Crippen LogP contribution is -2.42. The second kappa shape index (κ2) is 5.95. The summed E-state index contributed by atoms with van der Waals surface area (Å²) in [6, 6.07) is 0.0987. The standard InChI is InChI=1S/C9H17F3N2O/c1-6(2)7(3)13-4-8(15)14-5-9(10,11)12/h6-7,13H,4-5H2,1-3H3,(H,14,15). The average Bonchev–Trinajstić information content (AvgIpc) is 2.09. The summed E-state index contributed by atoms with van der Waals surface area (Å²) < 4.78 is 35.1. The number of rotatable bonds is 5. The molecule has 2 N–H and O–H groups in total. The van der Waals surface area contributed by atoms with Gasteiger partial charge in [0, 0.05) is 6.04 Å². The lowest BCUT2D eigenvalue weighted by Gasteiger charge is -2.17. The molecule has 0 radical (unpaired) electrons. The predicted molar refractivity (Wildman–Crippen MR) is 51.4 cm³/mol. The minimum absolute atomic E-state index is 0.0879. The summed E-state index contributed by atoms with van der Waals surface area (Å²) >= 11 is 0. The van der Waals surface area contributed by atoms with E-state index in [4.69, 9.17) is 0 Å². The molecule has 90 valence electrons. The lowest BCUT2D eigenvalue weighted by atomic mass is 10.1. The number of carbonyl (C=O) groups is 1. The predicted octanol–water partition coefficient (Wildman–Crippen LogP) is 1.30. The molecule has 0 fully saturated rings. The van der Waals surface area contributed by atoms with Crippen LogP contribution >= 0.6 is 0 Å². The fraction of sp³-hybridized carbons (Fsp3) is 0.889. The van der Waals surface area contributed by atoms with Gasteiger partial charge in [0.2, 0.25) is 5.91 Å². The largest absolute Gasteiger partial charge is 0.405 e. The molecule has 0 rings (SSSR count). The minimum Gasteiger partial charge on any atom is -0.346 e.